The maximum Gasteiger partial charge on any atom is 0.256 e. The van der Waals surface area contributed by atoms with Gasteiger partial charge in [-0.25, -0.2) is 8.78 Å². The number of hydrogen-bond donors (Lipinski definition) is 0. The highest BCUT2D eigenvalue weighted by molar-refractivity contribution is 5.95. The number of amides is 1. The van der Waals surface area contributed by atoms with Crippen molar-refractivity contribution in [3.8, 4) is 5.75 Å². The Labute approximate surface area is 149 Å². The molecule has 1 saturated heterocycles. The van der Waals surface area contributed by atoms with Gasteiger partial charge >= 0.3 is 0 Å². The third-order valence-corrected chi connectivity index (χ3v) is 4.87. The van der Waals surface area contributed by atoms with Crippen molar-refractivity contribution in [1.29, 1.82) is 0 Å². The highest BCUT2D eigenvalue weighted by Crippen LogP contribution is 2.30. The van der Waals surface area contributed by atoms with E-state index < -0.39 is 23.3 Å². The zero-order valence-electron chi connectivity index (χ0n) is 14.7. The normalized spacial score (nSPS) is 15.2. The number of carbonyl (C=O) groups is 1. The highest BCUT2D eigenvalue weighted by Gasteiger charge is 2.28. The van der Waals surface area contributed by atoms with Crippen LogP contribution >= 0.6 is 0 Å². The summed E-state index contributed by atoms with van der Waals surface area (Å²) >= 11 is 0. The van der Waals surface area contributed by atoms with Crippen molar-refractivity contribution in [1.82, 2.24) is 9.47 Å². The van der Waals surface area contributed by atoms with Crippen LogP contribution in [0, 0.1) is 11.6 Å². The minimum atomic E-state index is -0.980. The Morgan fingerprint density at radius 1 is 1.19 bits per heavy atom. The van der Waals surface area contributed by atoms with E-state index in [-0.39, 0.29) is 17.0 Å². The summed E-state index contributed by atoms with van der Waals surface area (Å²) in [4.78, 5) is 25.9. The lowest BCUT2D eigenvalue weighted by atomic mass is 9.90. The molecular formula is C19H20F2N2O3. The summed E-state index contributed by atoms with van der Waals surface area (Å²) in [6, 6.07) is 5.70. The van der Waals surface area contributed by atoms with Gasteiger partial charge in [-0.3, -0.25) is 9.59 Å². The second-order valence-electron chi connectivity index (χ2n) is 6.42. The minimum Gasteiger partial charge on any atom is -0.491 e. The molecule has 0 aliphatic carbocycles. The Morgan fingerprint density at radius 2 is 1.88 bits per heavy atom. The number of pyridine rings is 1. The molecule has 2 heterocycles. The maximum absolute atomic E-state index is 14.3. The fraction of sp³-hybridized carbons (Fsp3) is 0.368. The molecule has 1 fully saturated rings. The van der Waals surface area contributed by atoms with Crippen molar-refractivity contribution >= 4 is 5.91 Å². The van der Waals surface area contributed by atoms with Crippen LogP contribution < -0.4 is 10.3 Å². The molecule has 1 aromatic heterocycles. The Morgan fingerprint density at radius 3 is 2.50 bits per heavy atom. The summed E-state index contributed by atoms with van der Waals surface area (Å²) in [5.74, 6) is -2.67. The second kappa shape index (κ2) is 7.27. The molecular weight excluding hydrogens is 342 g/mol. The van der Waals surface area contributed by atoms with E-state index in [1.807, 2.05) is 6.07 Å². The molecule has 1 aliphatic rings. The van der Waals surface area contributed by atoms with Gasteiger partial charge in [-0.05, 0) is 42.5 Å². The fourth-order valence-electron chi connectivity index (χ4n) is 3.29. The van der Waals surface area contributed by atoms with E-state index in [0.29, 0.717) is 25.9 Å². The van der Waals surface area contributed by atoms with Crippen molar-refractivity contribution in [3.63, 3.8) is 0 Å². The summed E-state index contributed by atoms with van der Waals surface area (Å²) in [6.45, 7) is 0.885. The number of piperidine rings is 1. The number of nitrogens with zero attached hydrogens (tertiary/aromatic N) is 2. The van der Waals surface area contributed by atoms with Crippen LogP contribution in [0.15, 0.2) is 35.3 Å². The highest BCUT2D eigenvalue weighted by atomic mass is 19.1. The number of halogens is 2. The van der Waals surface area contributed by atoms with E-state index in [2.05, 4.69) is 0 Å². The first kappa shape index (κ1) is 18.1. The quantitative estimate of drug-likeness (QED) is 0.844. The number of methoxy groups -OCH3 is 1. The molecule has 5 nitrogen and oxygen atoms in total. The van der Waals surface area contributed by atoms with Gasteiger partial charge in [0.2, 0.25) is 0 Å². The molecule has 0 spiro atoms. The van der Waals surface area contributed by atoms with Crippen LogP contribution in [0.5, 0.6) is 5.75 Å². The molecule has 138 valence electrons. The zero-order valence-corrected chi connectivity index (χ0v) is 14.7. The van der Waals surface area contributed by atoms with E-state index in [1.165, 1.54) is 4.57 Å². The number of hydrogen-bond acceptors (Lipinski definition) is 3. The van der Waals surface area contributed by atoms with Gasteiger partial charge in [0.25, 0.3) is 11.5 Å². The van der Waals surface area contributed by atoms with Gasteiger partial charge in [0.15, 0.2) is 17.4 Å². The summed E-state index contributed by atoms with van der Waals surface area (Å²) in [6.07, 6.45) is 3.09. The summed E-state index contributed by atoms with van der Waals surface area (Å²) < 4.78 is 34.0. The SMILES string of the molecule is COc1c(F)ccc(C(=O)N2CCC(c3ccn(C)c(=O)c3)CC2)c1F. The van der Waals surface area contributed by atoms with Crippen molar-refractivity contribution in [2.45, 2.75) is 18.8 Å². The third-order valence-electron chi connectivity index (χ3n) is 4.87. The summed E-state index contributed by atoms with van der Waals surface area (Å²) in [5.41, 5.74) is 0.687. The number of ether oxygens (including phenoxy) is 1. The van der Waals surface area contributed by atoms with Gasteiger partial charge in [0.05, 0.1) is 12.7 Å². The number of carbonyl (C=O) groups excluding carboxylic acids is 1. The van der Waals surface area contributed by atoms with Gasteiger partial charge in [0, 0.05) is 32.4 Å². The molecule has 2 aromatic rings. The Kier molecular flexibility index (Phi) is 5.06. The van der Waals surface area contributed by atoms with Gasteiger partial charge in [-0.15, -0.1) is 0 Å². The van der Waals surface area contributed by atoms with Gasteiger partial charge in [-0.2, -0.15) is 0 Å². The lowest BCUT2D eigenvalue weighted by Gasteiger charge is -2.32. The monoisotopic (exact) mass is 362 g/mol. The van der Waals surface area contributed by atoms with Crippen molar-refractivity contribution in [3.05, 3.63) is 63.6 Å². The molecule has 1 aliphatic heterocycles. The second-order valence-corrected chi connectivity index (χ2v) is 6.42. The first-order valence-electron chi connectivity index (χ1n) is 8.40. The Balaban J connectivity index is 1.73. The largest absolute Gasteiger partial charge is 0.491 e. The lowest BCUT2D eigenvalue weighted by Crippen LogP contribution is -2.38. The van der Waals surface area contributed by atoms with Crippen molar-refractivity contribution in [2.24, 2.45) is 7.05 Å². The Hall–Kier alpha value is -2.70. The average molecular weight is 362 g/mol. The van der Waals surface area contributed by atoms with E-state index in [1.54, 1.807) is 24.2 Å². The van der Waals surface area contributed by atoms with Crippen molar-refractivity contribution < 1.29 is 18.3 Å². The van der Waals surface area contributed by atoms with E-state index >= 15 is 0 Å². The topological polar surface area (TPSA) is 51.5 Å². The molecule has 0 N–H and O–H groups in total. The molecule has 3 rings (SSSR count). The molecule has 0 radical (unpaired) electrons. The number of aryl methyl sites for hydroxylation is 1. The molecule has 1 aromatic carbocycles. The molecule has 0 unspecified atom stereocenters. The number of likely N-dealkylation sites (tertiary alicyclic amines) is 1. The van der Waals surface area contributed by atoms with Gasteiger partial charge in [-0.1, -0.05) is 0 Å². The van der Waals surface area contributed by atoms with Crippen LogP contribution in [0.3, 0.4) is 0 Å². The van der Waals surface area contributed by atoms with Crippen LogP contribution in [-0.2, 0) is 7.05 Å². The number of benzene rings is 1. The molecule has 7 heteroatoms. The summed E-state index contributed by atoms with van der Waals surface area (Å²) in [7, 11) is 2.85. The van der Waals surface area contributed by atoms with Crippen molar-refractivity contribution in [2.75, 3.05) is 20.2 Å². The van der Waals surface area contributed by atoms with E-state index in [0.717, 1.165) is 24.8 Å². The lowest BCUT2D eigenvalue weighted by molar-refractivity contribution is 0.0707. The van der Waals surface area contributed by atoms with Gasteiger partial charge < -0.3 is 14.2 Å². The Bertz CT molecular complexity index is 887. The number of aromatic nitrogens is 1. The van der Waals surface area contributed by atoms with Crippen LogP contribution in [-0.4, -0.2) is 35.6 Å². The van der Waals surface area contributed by atoms with E-state index in [4.69, 9.17) is 4.74 Å². The minimum absolute atomic E-state index is 0.0681. The van der Waals surface area contributed by atoms with Crippen LogP contribution in [0.1, 0.15) is 34.7 Å². The van der Waals surface area contributed by atoms with Gasteiger partial charge in [0.1, 0.15) is 0 Å². The van der Waals surface area contributed by atoms with Crippen LogP contribution in [0.4, 0.5) is 8.78 Å². The number of rotatable bonds is 3. The predicted octanol–water partition coefficient (Wildman–Crippen LogP) is 2.69. The smallest absolute Gasteiger partial charge is 0.256 e. The maximum atomic E-state index is 14.3. The first-order chi connectivity index (χ1) is 12.4. The van der Waals surface area contributed by atoms with Crippen LogP contribution in [0.25, 0.3) is 0 Å². The molecule has 0 atom stereocenters. The third kappa shape index (κ3) is 3.34. The fourth-order valence-corrected chi connectivity index (χ4v) is 3.29. The average Bonchev–Trinajstić information content (AvgIpc) is 2.64. The predicted molar refractivity (Wildman–Crippen MR) is 92.5 cm³/mol. The first-order valence-corrected chi connectivity index (χ1v) is 8.40. The molecule has 0 saturated carbocycles. The molecule has 0 bridgehead atoms. The summed E-state index contributed by atoms with van der Waals surface area (Å²) in [5, 5.41) is 0. The van der Waals surface area contributed by atoms with Crippen LogP contribution in [0.2, 0.25) is 0 Å². The van der Waals surface area contributed by atoms with E-state index in [9.17, 15) is 18.4 Å². The molecule has 1 amide bonds. The zero-order chi connectivity index (χ0) is 18.8. The molecule has 26 heavy (non-hydrogen) atoms. The standard InChI is InChI=1S/C19H20F2N2O3/c1-22-8-5-13(11-16(22)24)12-6-9-23(10-7-12)19(25)14-3-4-15(20)18(26-2)17(14)21/h3-5,8,11-12H,6-7,9-10H2,1-2H3.